The minimum Gasteiger partial charge on any atom is -0.497 e. The number of ketones is 1. The molecule has 3 aromatic rings. The second-order valence-corrected chi connectivity index (χ2v) is 26.6. The SMILES string of the molecule is COc1ccc2c(CC(=O)N[C@@H](CCCN=C(N)N)C(=O)N3CCCC3C(=O)N[C@@H](CC(C)C)C(=O)NCC(=O)N[C@@H](CC(C)C)C(=O)N[C@H](CNc3ccc([N+](=O)[O-])cc3[N+](=O)[O-])C(=O)N[C@@H](C)C(=O)N[C@H](CCCN=C(N)N)C(=O)N[C@@H](CCC(=O)O)C(=O)N[C@H](CCCN=C(N)N)C(C)=O)cc(=O)oc2c1. The molecule has 1 aliphatic heterocycles. The molecule has 0 spiro atoms. The Kier molecular flexibility index (Phi) is 35.9. The number of likely N-dealkylation sites (tertiary alicyclic amines) is 1. The van der Waals surface area contributed by atoms with E-state index in [9.17, 15) is 87.7 Å². The molecular weight excluding hydrogens is 1430 g/mol. The molecule has 0 bridgehead atoms. The number of nitrogens with two attached hydrogens (primary N) is 6. The van der Waals surface area contributed by atoms with Gasteiger partial charge in [-0.2, -0.15) is 0 Å². The zero-order chi connectivity index (χ0) is 81.4. The smallest absolute Gasteiger partial charge is 0.336 e. The van der Waals surface area contributed by atoms with Gasteiger partial charge >= 0.3 is 11.6 Å². The summed E-state index contributed by atoms with van der Waals surface area (Å²) in [5, 5.41) is 59.1. The summed E-state index contributed by atoms with van der Waals surface area (Å²) in [6.45, 7) is 7.82. The van der Waals surface area contributed by atoms with Gasteiger partial charge in [0, 0.05) is 62.7 Å². The fourth-order valence-electron chi connectivity index (χ4n) is 11.4. The molecule has 42 heteroatoms. The van der Waals surface area contributed by atoms with Crippen LogP contribution in [0, 0.1) is 32.1 Å². The lowest BCUT2D eigenvalue weighted by molar-refractivity contribution is -0.393. The van der Waals surface area contributed by atoms with Gasteiger partial charge in [-0.1, -0.05) is 27.7 Å². The fourth-order valence-corrected chi connectivity index (χ4v) is 11.4. The molecule has 0 saturated carbocycles. The highest BCUT2D eigenvalue weighted by molar-refractivity contribution is 5.99. The minimum atomic E-state index is -1.84. The van der Waals surface area contributed by atoms with Crippen molar-refractivity contribution in [2.45, 2.75) is 179 Å². The van der Waals surface area contributed by atoms with Crippen LogP contribution in [0.4, 0.5) is 17.1 Å². The normalized spacial score (nSPS) is 14.6. The van der Waals surface area contributed by atoms with Crippen LogP contribution >= 0.6 is 0 Å². The van der Waals surface area contributed by atoms with Gasteiger partial charge < -0.3 is 107 Å². The molecule has 2 heterocycles. The number of carboxylic acid groups (broad SMARTS) is 1. The van der Waals surface area contributed by atoms with E-state index < -0.39 is 178 Å². The molecule has 2 aromatic carbocycles. The molecular formula is C67H100N22O20. The molecule has 23 N–H and O–H groups in total. The molecule has 9 atom stereocenters. The first-order chi connectivity index (χ1) is 51.4. The topological polar surface area (TPSA) is 668 Å². The van der Waals surface area contributed by atoms with Crippen molar-refractivity contribution >= 4 is 117 Å². The number of hydrogen-bond donors (Lipinski definition) is 17. The number of ether oxygens (including phenoxy) is 1. The van der Waals surface area contributed by atoms with Gasteiger partial charge in [-0.15, -0.1) is 0 Å². The Morgan fingerprint density at radius 3 is 1.69 bits per heavy atom. The Balaban J connectivity index is 1.57. The van der Waals surface area contributed by atoms with Crippen LogP contribution in [0.3, 0.4) is 0 Å². The molecule has 1 aromatic heterocycles. The van der Waals surface area contributed by atoms with Gasteiger partial charge in [0.15, 0.2) is 23.7 Å². The molecule has 10 amide bonds. The molecule has 1 aliphatic rings. The first kappa shape index (κ1) is 89.1. The number of nitro benzene ring substituents is 2. The van der Waals surface area contributed by atoms with Crippen molar-refractivity contribution in [1.29, 1.82) is 0 Å². The Morgan fingerprint density at radius 1 is 0.615 bits per heavy atom. The van der Waals surface area contributed by atoms with Crippen LogP contribution in [0.2, 0.25) is 0 Å². The third kappa shape index (κ3) is 30.6. The lowest BCUT2D eigenvalue weighted by atomic mass is 10.0. The molecule has 1 unspecified atom stereocenters. The van der Waals surface area contributed by atoms with Gasteiger partial charge in [-0.05, 0) is 120 Å². The predicted octanol–water partition coefficient (Wildman–Crippen LogP) is -3.02. The number of Topliss-reactive ketones (excluding diaryl/α,β-unsaturated/α-hetero) is 1. The Morgan fingerprint density at radius 2 is 1.14 bits per heavy atom. The summed E-state index contributed by atoms with van der Waals surface area (Å²) in [7, 11) is 1.43. The summed E-state index contributed by atoms with van der Waals surface area (Å²) in [5.74, 6) is -12.0. The van der Waals surface area contributed by atoms with Crippen LogP contribution in [0.1, 0.15) is 124 Å². The number of nitrogens with one attached hydrogen (secondary N) is 10. The molecule has 109 heavy (non-hydrogen) atoms. The van der Waals surface area contributed by atoms with Gasteiger partial charge in [0.1, 0.15) is 65.4 Å². The molecule has 42 nitrogen and oxygen atoms in total. The number of methoxy groups -OCH3 is 1. The number of nitro groups is 2. The number of aliphatic imine (C=N–C) groups is 3. The number of benzene rings is 2. The van der Waals surface area contributed by atoms with E-state index in [1.165, 1.54) is 25.0 Å². The highest BCUT2D eigenvalue weighted by atomic mass is 16.6. The van der Waals surface area contributed by atoms with Gasteiger partial charge in [0.25, 0.3) is 11.4 Å². The van der Waals surface area contributed by atoms with Crippen molar-refractivity contribution < 1.29 is 81.6 Å². The van der Waals surface area contributed by atoms with Gasteiger partial charge in [-0.25, -0.2) is 4.79 Å². The lowest BCUT2D eigenvalue weighted by Crippen LogP contribution is -2.60. The minimum absolute atomic E-state index is 0.00173. The maximum Gasteiger partial charge on any atom is 0.336 e. The number of hydrogen-bond acceptors (Lipinski definition) is 23. The highest BCUT2D eigenvalue weighted by Gasteiger charge is 2.40. The van der Waals surface area contributed by atoms with Crippen LogP contribution in [-0.2, 0) is 64.0 Å². The zero-order valence-electron chi connectivity index (χ0n) is 61.7. The monoisotopic (exact) mass is 1530 g/mol. The third-order valence-corrected chi connectivity index (χ3v) is 16.8. The number of carboxylic acids is 1. The maximum atomic E-state index is 14.5. The second kappa shape index (κ2) is 44.0. The average Bonchev–Trinajstić information content (AvgIpc) is 1.80. The van der Waals surface area contributed by atoms with Crippen molar-refractivity contribution in [3.8, 4) is 5.75 Å². The van der Waals surface area contributed by atoms with E-state index in [1.54, 1.807) is 39.8 Å². The number of rotatable bonds is 46. The number of carbonyl (C=O) groups is 12. The Hall–Kier alpha value is -12.3. The molecule has 0 radical (unpaired) electrons. The number of nitrogens with zero attached hydrogens (tertiary/aromatic N) is 6. The summed E-state index contributed by atoms with van der Waals surface area (Å²) in [6, 6.07) is -4.59. The lowest BCUT2D eigenvalue weighted by Gasteiger charge is -2.30. The number of fused-ring (bicyclic) bond motifs is 1. The van der Waals surface area contributed by atoms with E-state index in [0.29, 0.717) is 29.2 Å². The summed E-state index contributed by atoms with van der Waals surface area (Å²) in [4.78, 5) is 213. The predicted molar refractivity (Wildman–Crippen MR) is 396 cm³/mol. The van der Waals surface area contributed by atoms with Gasteiger partial charge in [-0.3, -0.25) is 92.7 Å². The average molecular weight is 1530 g/mol. The maximum absolute atomic E-state index is 14.5. The molecule has 0 aliphatic carbocycles. The van der Waals surface area contributed by atoms with E-state index >= 15 is 0 Å². The van der Waals surface area contributed by atoms with Crippen LogP contribution < -0.4 is 97.9 Å². The van der Waals surface area contributed by atoms with Crippen LogP contribution in [0.5, 0.6) is 5.75 Å². The fraction of sp³-hybridized carbons (Fsp3) is 0.552. The van der Waals surface area contributed by atoms with Gasteiger partial charge in [0.05, 0.1) is 42.0 Å². The van der Waals surface area contributed by atoms with Crippen molar-refractivity contribution in [3.63, 3.8) is 0 Å². The number of aliphatic carboxylic acids is 1. The quantitative estimate of drug-likeness (QED) is 0.00669. The third-order valence-electron chi connectivity index (χ3n) is 16.8. The zero-order valence-corrected chi connectivity index (χ0v) is 61.7. The van der Waals surface area contributed by atoms with Crippen LogP contribution in [-0.4, -0.2) is 209 Å². The van der Waals surface area contributed by atoms with E-state index in [-0.39, 0.29) is 131 Å². The number of amides is 10. The van der Waals surface area contributed by atoms with Crippen LogP contribution in [0.25, 0.3) is 11.0 Å². The number of anilines is 1. The summed E-state index contributed by atoms with van der Waals surface area (Å²) >= 11 is 0. The Labute approximate surface area is 625 Å². The first-order valence-corrected chi connectivity index (χ1v) is 35.0. The number of carbonyl (C=O) groups excluding carboxylic acids is 11. The van der Waals surface area contributed by atoms with Crippen molar-refractivity contribution in [3.05, 3.63) is 78.7 Å². The first-order valence-electron chi connectivity index (χ1n) is 35.0. The van der Waals surface area contributed by atoms with E-state index in [4.69, 9.17) is 43.6 Å². The largest absolute Gasteiger partial charge is 0.497 e. The molecule has 598 valence electrons. The molecule has 1 fully saturated rings. The van der Waals surface area contributed by atoms with Crippen LogP contribution in [0.15, 0.2) is 66.7 Å². The summed E-state index contributed by atoms with van der Waals surface area (Å²) in [6.07, 6.45) is -0.898. The van der Waals surface area contributed by atoms with E-state index in [0.717, 1.165) is 25.1 Å². The van der Waals surface area contributed by atoms with E-state index in [1.807, 2.05) is 0 Å². The van der Waals surface area contributed by atoms with Crippen molar-refractivity contribution in [2.75, 3.05) is 51.7 Å². The van der Waals surface area contributed by atoms with Crippen molar-refractivity contribution in [2.24, 2.45) is 61.2 Å². The van der Waals surface area contributed by atoms with Gasteiger partial charge in [0.2, 0.25) is 59.1 Å². The summed E-state index contributed by atoms with van der Waals surface area (Å²) < 4.78 is 10.6. The molecule has 1 saturated heterocycles. The highest BCUT2D eigenvalue weighted by Crippen LogP contribution is 2.30. The van der Waals surface area contributed by atoms with Crippen molar-refractivity contribution in [1.82, 2.24) is 52.8 Å². The second-order valence-electron chi connectivity index (χ2n) is 26.6. The standard InChI is InChI=1S/C67H100N22O20/c1-34(2)26-47(85-63(102)50-15-11-25-87(50)64(103)46(14-10-24-76-67(72)73)80-53(91)28-38-29-56(95)109-52-31-40(108-7)17-18-41(38)52)58(97)78-33-54(92)81-48(27-35(3)4)61(100)86-49(32-77-43-19-16-39(88(104)105)30-51(43)89(106)107)62(101)79-36(5)57(96)83-44(13-9-23-75-66(70)71)59(98)84-45(20-21-55(93)94)60(99)82-42(37(6)90)12-8-22-74-65(68)69/h16-19,29-31,34-36,42,44-50,77H,8-15,20-28,32-33H2,1-7H3,(H,78,97)(H,79,101)(H,80,91)(H,81,92)(H,82,99)(H,83,96)(H,84,98)(H,85,102)(H,86,100)(H,93,94)(H4,68,69,74)(H4,70,71,75)(H4,72,73,76)/t36-,42+,44+,45-,46-,47-,48-,49+,50?/m0/s1. The Bertz CT molecular complexity index is 3930. The summed E-state index contributed by atoms with van der Waals surface area (Å²) in [5.41, 5.74) is 30.7. The molecule has 4 rings (SSSR count). The number of guanidine groups is 3. The number of non-ortho nitro benzene ring substituents is 1. The van der Waals surface area contributed by atoms with E-state index in [2.05, 4.69) is 68.1 Å².